The normalized spacial score (nSPS) is 21.4. The Labute approximate surface area is 192 Å². The van der Waals surface area contributed by atoms with Crippen LogP contribution in [0.4, 0.5) is 11.5 Å². The van der Waals surface area contributed by atoms with E-state index < -0.39 is 11.6 Å². The summed E-state index contributed by atoms with van der Waals surface area (Å²) in [6.45, 7) is 3.63. The molecular formula is C24H29N5O4. The summed E-state index contributed by atoms with van der Waals surface area (Å²) in [5, 5.41) is 8.91. The third-order valence-electron chi connectivity index (χ3n) is 6.44. The smallest absolute Gasteiger partial charge is 0.323 e. The number of ether oxygens (including phenoxy) is 1. The summed E-state index contributed by atoms with van der Waals surface area (Å²) >= 11 is 0. The van der Waals surface area contributed by atoms with Gasteiger partial charge in [0.2, 0.25) is 11.8 Å². The summed E-state index contributed by atoms with van der Waals surface area (Å²) in [5.41, 5.74) is 8.68. The molecule has 1 saturated carbocycles. The molecule has 3 N–H and O–H groups in total. The Bertz CT molecular complexity index is 1090. The van der Waals surface area contributed by atoms with Gasteiger partial charge < -0.3 is 20.5 Å². The van der Waals surface area contributed by atoms with E-state index in [0.29, 0.717) is 17.5 Å². The summed E-state index contributed by atoms with van der Waals surface area (Å²) in [7, 11) is 1.55. The topological polar surface area (TPSA) is 131 Å². The maximum absolute atomic E-state index is 12.5. The highest BCUT2D eigenvalue weighted by atomic mass is 16.5. The maximum Gasteiger partial charge on any atom is 0.323 e. The molecule has 0 radical (unpaired) electrons. The maximum atomic E-state index is 12.5. The second-order valence-electron chi connectivity index (χ2n) is 9.24. The molecule has 0 bridgehead atoms. The quantitative estimate of drug-likeness (QED) is 0.714. The number of amides is 1. The monoisotopic (exact) mass is 451 g/mol. The minimum atomic E-state index is -0.991. The number of carboxylic acid groups (broad SMARTS) is 1. The van der Waals surface area contributed by atoms with Gasteiger partial charge >= 0.3 is 5.97 Å². The molecule has 0 unspecified atom stereocenters. The van der Waals surface area contributed by atoms with Crippen molar-refractivity contribution in [1.29, 1.82) is 0 Å². The van der Waals surface area contributed by atoms with Crippen molar-refractivity contribution in [2.24, 2.45) is 10.9 Å². The summed E-state index contributed by atoms with van der Waals surface area (Å²) < 4.78 is 6.06. The van der Waals surface area contributed by atoms with Gasteiger partial charge in [0.15, 0.2) is 11.5 Å². The number of aliphatic carboxylic acids is 1. The number of rotatable bonds is 5. The van der Waals surface area contributed by atoms with Crippen molar-refractivity contribution in [3.63, 3.8) is 0 Å². The van der Waals surface area contributed by atoms with Crippen molar-refractivity contribution in [2.45, 2.75) is 51.0 Å². The molecule has 4 rings (SSSR count). The lowest BCUT2D eigenvalue weighted by Crippen LogP contribution is -2.41. The molecule has 33 heavy (non-hydrogen) atoms. The van der Waals surface area contributed by atoms with E-state index >= 15 is 0 Å². The number of fused-ring (bicyclic) bond motifs is 1. The fourth-order valence-electron chi connectivity index (χ4n) is 4.68. The lowest BCUT2D eigenvalue weighted by molar-refractivity contribution is -0.145. The van der Waals surface area contributed by atoms with Gasteiger partial charge in [-0.2, -0.15) is 4.98 Å². The van der Waals surface area contributed by atoms with Crippen LogP contribution in [-0.4, -0.2) is 56.8 Å². The molecular weight excluding hydrogens is 422 g/mol. The van der Waals surface area contributed by atoms with E-state index in [0.717, 1.165) is 37.0 Å². The van der Waals surface area contributed by atoms with Gasteiger partial charge in [0.25, 0.3) is 0 Å². The van der Waals surface area contributed by atoms with Crippen LogP contribution in [0.5, 0.6) is 5.88 Å². The first-order chi connectivity index (χ1) is 15.7. The van der Waals surface area contributed by atoms with Crippen LogP contribution in [0, 0.1) is 5.92 Å². The Balaban J connectivity index is 1.46. The van der Waals surface area contributed by atoms with Crippen LogP contribution in [0.15, 0.2) is 35.6 Å². The predicted octanol–water partition coefficient (Wildman–Crippen LogP) is 3.17. The lowest BCUT2D eigenvalue weighted by atomic mass is 9.78. The first kappa shape index (κ1) is 22.7. The number of aliphatic imine (C=N–C) groups is 1. The number of carbonyl (C=O) groups is 2. The molecule has 0 saturated heterocycles. The third-order valence-corrected chi connectivity index (χ3v) is 6.44. The van der Waals surface area contributed by atoms with Crippen molar-refractivity contribution in [3.05, 3.63) is 41.7 Å². The van der Waals surface area contributed by atoms with Crippen LogP contribution in [0.25, 0.3) is 0 Å². The standard InChI is InChI=1S/C24H29N5O4/c1-24(2)20(28-19-21(25)26-13-27-22(19)33-24)16-8-4-14(5-9-16)15-6-10-17(11-7-15)23(32)29(3)12-18(30)31/h4-5,8-9,13,15,17H,6-7,10-12H2,1-3H3,(H,30,31)(H2,25,26,27). The highest BCUT2D eigenvalue weighted by molar-refractivity contribution is 6.09. The number of likely N-dealkylation sites (N-methyl/N-ethyl adjacent to an activating group) is 1. The summed E-state index contributed by atoms with van der Waals surface area (Å²) in [5.74, 6) is -0.137. The van der Waals surface area contributed by atoms with Crippen molar-refractivity contribution in [3.8, 4) is 5.88 Å². The number of nitrogens with two attached hydrogens (primary N) is 1. The zero-order valence-electron chi connectivity index (χ0n) is 19.1. The molecule has 2 aliphatic rings. The summed E-state index contributed by atoms with van der Waals surface area (Å²) in [4.78, 5) is 37.6. The Morgan fingerprint density at radius 3 is 2.45 bits per heavy atom. The molecule has 1 aliphatic carbocycles. The van der Waals surface area contributed by atoms with Crippen LogP contribution in [0.3, 0.4) is 0 Å². The van der Waals surface area contributed by atoms with Crippen molar-refractivity contribution in [1.82, 2.24) is 14.9 Å². The van der Waals surface area contributed by atoms with Crippen LogP contribution in [0.2, 0.25) is 0 Å². The van der Waals surface area contributed by atoms with E-state index in [4.69, 9.17) is 20.6 Å². The number of hydrogen-bond donors (Lipinski definition) is 2. The van der Waals surface area contributed by atoms with Crippen LogP contribution in [0.1, 0.15) is 56.6 Å². The highest BCUT2D eigenvalue weighted by Gasteiger charge is 2.35. The average Bonchev–Trinajstić information content (AvgIpc) is 2.77. The van der Waals surface area contributed by atoms with Crippen LogP contribution in [-0.2, 0) is 9.59 Å². The summed E-state index contributed by atoms with van der Waals surface area (Å²) in [6, 6.07) is 8.31. The number of carboxylic acids is 1. The number of benzene rings is 1. The minimum Gasteiger partial charge on any atom is -0.480 e. The van der Waals surface area contributed by atoms with E-state index in [9.17, 15) is 9.59 Å². The van der Waals surface area contributed by atoms with E-state index in [1.165, 1.54) is 16.8 Å². The molecule has 9 heteroatoms. The molecule has 9 nitrogen and oxygen atoms in total. The van der Waals surface area contributed by atoms with Crippen molar-refractivity contribution >= 4 is 29.1 Å². The number of hydrogen-bond acceptors (Lipinski definition) is 7. The molecule has 1 fully saturated rings. The minimum absolute atomic E-state index is 0.0766. The average molecular weight is 452 g/mol. The van der Waals surface area contributed by atoms with E-state index in [1.807, 2.05) is 26.0 Å². The second kappa shape index (κ2) is 8.80. The van der Waals surface area contributed by atoms with Crippen molar-refractivity contribution in [2.75, 3.05) is 19.3 Å². The molecule has 174 valence electrons. The molecule has 0 atom stereocenters. The lowest BCUT2D eigenvalue weighted by Gasteiger charge is -2.32. The number of carbonyl (C=O) groups excluding carboxylic acids is 1. The van der Waals surface area contributed by atoms with Crippen LogP contribution >= 0.6 is 0 Å². The molecule has 1 aromatic carbocycles. The van der Waals surface area contributed by atoms with Gasteiger partial charge in [-0.05, 0) is 51.0 Å². The number of nitrogen functional groups attached to an aromatic ring is 1. The predicted molar refractivity (Wildman–Crippen MR) is 124 cm³/mol. The Morgan fingerprint density at radius 2 is 1.82 bits per heavy atom. The zero-order valence-corrected chi connectivity index (χ0v) is 19.1. The van der Waals surface area contributed by atoms with Gasteiger partial charge in [-0.15, -0.1) is 0 Å². The number of aromatic nitrogens is 2. The van der Waals surface area contributed by atoms with Crippen molar-refractivity contribution < 1.29 is 19.4 Å². The van der Waals surface area contributed by atoms with E-state index in [-0.39, 0.29) is 24.2 Å². The molecule has 1 aromatic heterocycles. The number of nitrogens with zero attached hydrogens (tertiary/aromatic N) is 4. The van der Waals surface area contributed by atoms with Gasteiger partial charge in [0, 0.05) is 18.5 Å². The number of anilines is 1. The van der Waals surface area contributed by atoms with Gasteiger partial charge in [-0.3, -0.25) is 9.59 Å². The summed E-state index contributed by atoms with van der Waals surface area (Å²) in [6.07, 6.45) is 4.69. The Kier molecular flexibility index (Phi) is 6.05. The van der Waals surface area contributed by atoms with Gasteiger partial charge in [-0.1, -0.05) is 24.3 Å². The van der Waals surface area contributed by atoms with E-state index in [1.54, 1.807) is 7.05 Å². The molecule has 1 aliphatic heterocycles. The van der Waals surface area contributed by atoms with Gasteiger partial charge in [0.05, 0.1) is 5.71 Å². The molecule has 0 spiro atoms. The zero-order chi connectivity index (χ0) is 23.8. The Morgan fingerprint density at radius 1 is 1.15 bits per heavy atom. The largest absolute Gasteiger partial charge is 0.480 e. The fraction of sp³-hybridized carbons (Fsp3) is 0.458. The SMILES string of the molecule is CN(CC(=O)O)C(=O)C1CCC(c2ccc(C3=Nc4c(N)ncnc4OC3(C)C)cc2)CC1. The highest BCUT2D eigenvalue weighted by Crippen LogP contribution is 2.40. The third kappa shape index (κ3) is 4.67. The first-order valence-electron chi connectivity index (χ1n) is 11.1. The van der Waals surface area contributed by atoms with Gasteiger partial charge in [-0.25, -0.2) is 9.98 Å². The first-order valence-corrected chi connectivity index (χ1v) is 11.1. The molecule has 2 heterocycles. The molecule has 1 amide bonds. The Hall–Kier alpha value is -3.49. The van der Waals surface area contributed by atoms with Gasteiger partial charge in [0.1, 0.15) is 18.5 Å². The van der Waals surface area contributed by atoms with Crippen LogP contribution < -0.4 is 10.5 Å². The van der Waals surface area contributed by atoms with E-state index in [2.05, 4.69) is 22.1 Å². The fourth-order valence-corrected chi connectivity index (χ4v) is 4.68. The second-order valence-corrected chi connectivity index (χ2v) is 9.24. The molecule has 2 aromatic rings.